The Morgan fingerprint density at radius 1 is 0.741 bits per heavy atom. The molecule has 0 fully saturated rings. The van der Waals surface area contributed by atoms with Gasteiger partial charge in [-0.25, -0.2) is 0 Å². The van der Waals surface area contributed by atoms with Crippen molar-refractivity contribution in [3.05, 3.63) is 29.3 Å². The van der Waals surface area contributed by atoms with E-state index in [-0.39, 0.29) is 10.1 Å². The first-order valence-electron chi connectivity index (χ1n) is 9.73. The normalized spacial score (nSPS) is 13.8. The Morgan fingerprint density at radius 2 is 1.07 bits per heavy atom. The average molecular weight is 411 g/mol. The summed E-state index contributed by atoms with van der Waals surface area (Å²) >= 11 is 0. The van der Waals surface area contributed by atoms with Crippen molar-refractivity contribution in [1.82, 2.24) is 0 Å². The van der Waals surface area contributed by atoms with E-state index < -0.39 is 23.8 Å². The van der Waals surface area contributed by atoms with E-state index in [4.69, 9.17) is 8.85 Å². The Kier molecular flexibility index (Phi) is 7.75. The van der Waals surface area contributed by atoms with E-state index in [1.807, 2.05) is 12.1 Å². The lowest BCUT2D eigenvalue weighted by Crippen LogP contribution is -2.41. The maximum atomic E-state index is 9.68. The number of rotatable bonds is 7. The van der Waals surface area contributed by atoms with Crippen molar-refractivity contribution in [2.45, 2.75) is 91.0 Å². The zero-order valence-electron chi connectivity index (χ0n) is 18.9. The standard InChI is InChI=1S/C20H39BO4Si2/c1-19(2,3)26(7,8)24-14-16-11-17(13-18(12-16)21(22)23)15-25-27(9,10)20(4,5)6/h11-13,22-23H,14-15H2,1-10H3. The number of hydrogen-bond acceptors (Lipinski definition) is 4. The van der Waals surface area contributed by atoms with Gasteiger partial charge in [-0.05, 0) is 52.9 Å². The summed E-state index contributed by atoms with van der Waals surface area (Å²) in [5.41, 5.74) is 2.40. The molecule has 0 bridgehead atoms. The van der Waals surface area contributed by atoms with Crippen molar-refractivity contribution in [2.75, 3.05) is 0 Å². The third-order valence-corrected chi connectivity index (χ3v) is 15.1. The summed E-state index contributed by atoms with van der Waals surface area (Å²) in [6.07, 6.45) is 0. The van der Waals surface area contributed by atoms with Gasteiger partial charge in [0.2, 0.25) is 0 Å². The predicted molar refractivity (Wildman–Crippen MR) is 120 cm³/mol. The molecule has 1 aromatic rings. The molecule has 0 spiro atoms. The van der Waals surface area contributed by atoms with Gasteiger partial charge in [0, 0.05) is 0 Å². The SMILES string of the molecule is CC(C)(C)[Si](C)(C)OCc1cc(CO[Si](C)(C)C(C)(C)C)cc(B(O)O)c1. The lowest BCUT2D eigenvalue weighted by atomic mass is 9.79. The molecule has 0 atom stereocenters. The first-order valence-corrected chi connectivity index (χ1v) is 15.5. The van der Waals surface area contributed by atoms with Crippen LogP contribution in [0.1, 0.15) is 52.7 Å². The Labute approximate surface area is 168 Å². The fourth-order valence-corrected chi connectivity index (χ4v) is 3.99. The Bertz CT molecular complexity index is 584. The van der Waals surface area contributed by atoms with Gasteiger partial charge in [-0.2, -0.15) is 0 Å². The van der Waals surface area contributed by atoms with E-state index in [9.17, 15) is 10.0 Å². The molecule has 1 rings (SSSR count). The third-order valence-electron chi connectivity index (χ3n) is 6.18. The second kappa shape index (κ2) is 8.51. The average Bonchev–Trinajstić information content (AvgIpc) is 2.48. The molecule has 0 radical (unpaired) electrons. The summed E-state index contributed by atoms with van der Waals surface area (Å²) in [5.74, 6) is 0. The molecule has 0 saturated carbocycles. The maximum Gasteiger partial charge on any atom is 0.488 e. The molecule has 27 heavy (non-hydrogen) atoms. The van der Waals surface area contributed by atoms with E-state index >= 15 is 0 Å². The second-order valence-corrected chi connectivity index (χ2v) is 20.2. The molecule has 0 saturated heterocycles. The molecule has 0 aliphatic carbocycles. The van der Waals surface area contributed by atoms with Gasteiger partial charge < -0.3 is 18.9 Å². The second-order valence-electron chi connectivity index (χ2n) is 10.6. The molecule has 0 aliphatic rings. The van der Waals surface area contributed by atoms with Gasteiger partial charge in [0.25, 0.3) is 0 Å². The van der Waals surface area contributed by atoms with Gasteiger partial charge in [0.15, 0.2) is 16.6 Å². The van der Waals surface area contributed by atoms with Gasteiger partial charge in [0.1, 0.15) is 0 Å². The highest BCUT2D eigenvalue weighted by molar-refractivity contribution is 6.74. The molecule has 2 N–H and O–H groups in total. The summed E-state index contributed by atoms with van der Waals surface area (Å²) in [5, 5.41) is 19.6. The van der Waals surface area contributed by atoms with Crippen molar-refractivity contribution in [2.24, 2.45) is 0 Å². The van der Waals surface area contributed by atoms with Crippen LogP contribution in [0.15, 0.2) is 18.2 Å². The van der Waals surface area contributed by atoms with Crippen LogP contribution in [-0.2, 0) is 22.1 Å². The molecule has 0 aromatic heterocycles. The molecule has 1 aromatic carbocycles. The van der Waals surface area contributed by atoms with E-state index in [1.54, 1.807) is 0 Å². The summed E-state index contributed by atoms with van der Waals surface area (Å²) in [6, 6.07) is 5.69. The summed E-state index contributed by atoms with van der Waals surface area (Å²) < 4.78 is 12.6. The summed E-state index contributed by atoms with van der Waals surface area (Å²) in [4.78, 5) is 0. The highest BCUT2D eigenvalue weighted by Gasteiger charge is 2.38. The van der Waals surface area contributed by atoms with Crippen LogP contribution in [0.2, 0.25) is 36.3 Å². The smallest absolute Gasteiger partial charge is 0.423 e. The fourth-order valence-electron chi connectivity index (χ4n) is 2.07. The van der Waals surface area contributed by atoms with Crippen molar-refractivity contribution in [3.8, 4) is 0 Å². The topological polar surface area (TPSA) is 58.9 Å². The first-order chi connectivity index (χ1) is 12.0. The Hall–Kier alpha value is -0.441. The first kappa shape index (κ1) is 24.6. The van der Waals surface area contributed by atoms with Crippen molar-refractivity contribution in [3.63, 3.8) is 0 Å². The Morgan fingerprint density at radius 3 is 1.33 bits per heavy atom. The predicted octanol–water partition coefficient (Wildman–Crippen LogP) is 4.41. The Balaban J connectivity index is 3.01. The molecule has 0 unspecified atom stereocenters. The third kappa shape index (κ3) is 6.83. The van der Waals surface area contributed by atoms with Gasteiger partial charge >= 0.3 is 7.12 Å². The highest BCUT2D eigenvalue weighted by Crippen LogP contribution is 2.38. The zero-order chi connectivity index (χ0) is 21.3. The number of hydrogen-bond donors (Lipinski definition) is 2. The van der Waals surface area contributed by atoms with E-state index in [0.29, 0.717) is 18.7 Å². The van der Waals surface area contributed by atoms with Crippen LogP contribution >= 0.6 is 0 Å². The molecule has 4 nitrogen and oxygen atoms in total. The summed E-state index contributed by atoms with van der Waals surface area (Å²) in [7, 11) is -5.24. The molecule has 0 aliphatic heterocycles. The van der Waals surface area contributed by atoms with Crippen LogP contribution in [0.25, 0.3) is 0 Å². The van der Waals surface area contributed by atoms with Crippen LogP contribution in [-0.4, -0.2) is 33.8 Å². The lowest BCUT2D eigenvalue weighted by molar-refractivity contribution is 0.271. The molecular formula is C20H39BO4Si2. The lowest BCUT2D eigenvalue weighted by Gasteiger charge is -2.36. The minimum atomic E-state index is -1.87. The molecule has 0 heterocycles. The monoisotopic (exact) mass is 410 g/mol. The number of benzene rings is 1. The van der Waals surface area contributed by atoms with Crippen LogP contribution < -0.4 is 5.46 Å². The molecule has 7 heteroatoms. The van der Waals surface area contributed by atoms with Crippen molar-refractivity contribution >= 4 is 29.2 Å². The molecule has 0 amide bonds. The van der Waals surface area contributed by atoms with E-state index in [1.165, 1.54) is 0 Å². The minimum Gasteiger partial charge on any atom is -0.423 e. The highest BCUT2D eigenvalue weighted by atomic mass is 28.4. The van der Waals surface area contributed by atoms with E-state index in [2.05, 4.69) is 73.8 Å². The van der Waals surface area contributed by atoms with Gasteiger partial charge in [-0.1, -0.05) is 59.7 Å². The minimum absolute atomic E-state index is 0.134. The fraction of sp³-hybridized carbons (Fsp3) is 0.700. The van der Waals surface area contributed by atoms with Crippen molar-refractivity contribution < 1.29 is 18.9 Å². The van der Waals surface area contributed by atoms with Crippen LogP contribution in [0, 0.1) is 0 Å². The summed E-state index contributed by atoms with van der Waals surface area (Å²) in [6.45, 7) is 23.1. The largest absolute Gasteiger partial charge is 0.488 e. The van der Waals surface area contributed by atoms with E-state index in [0.717, 1.165) is 11.1 Å². The van der Waals surface area contributed by atoms with Gasteiger partial charge in [0.05, 0.1) is 13.2 Å². The molecule has 154 valence electrons. The maximum absolute atomic E-state index is 9.68. The van der Waals surface area contributed by atoms with Crippen LogP contribution in [0.4, 0.5) is 0 Å². The van der Waals surface area contributed by atoms with Crippen molar-refractivity contribution in [1.29, 1.82) is 0 Å². The zero-order valence-corrected chi connectivity index (χ0v) is 20.9. The van der Waals surface area contributed by atoms with Crippen LogP contribution in [0.5, 0.6) is 0 Å². The van der Waals surface area contributed by atoms with Gasteiger partial charge in [-0.15, -0.1) is 0 Å². The van der Waals surface area contributed by atoms with Gasteiger partial charge in [-0.3, -0.25) is 0 Å². The van der Waals surface area contributed by atoms with Crippen LogP contribution in [0.3, 0.4) is 0 Å². The molecular weight excluding hydrogens is 371 g/mol. The quantitative estimate of drug-likeness (QED) is 0.654.